The van der Waals surface area contributed by atoms with Gasteiger partial charge < -0.3 is 25.1 Å². The van der Waals surface area contributed by atoms with Crippen molar-refractivity contribution in [2.24, 2.45) is 5.73 Å². The van der Waals surface area contributed by atoms with Crippen LogP contribution in [0, 0.1) is 0 Å². The van der Waals surface area contributed by atoms with E-state index in [9.17, 15) is 5.11 Å². The summed E-state index contributed by atoms with van der Waals surface area (Å²) in [4.78, 5) is 0. The largest absolute Gasteiger partial charge is 0.493 e. The maximum Gasteiger partial charge on any atom is 0.203 e. The van der Waals surface area contributed by atoms with Crippen LogP contribution < -0.4 is 19.9 Å². The SMILES string of the molecule is COc1cc([C@H](N)[C@H](O)Cc2ccccc2)cc(OC)c1OC. The van der Waals surface area contributed by atoms with Gasteiger partial charge in [0.15, 0.2) is 11.5 Å². The molecule has 0 bridgehead atoms. The van der Waals surface area contributed by atoms with Crippen molar-refractivity contribution in [3.63, 3.8) is 0 Å². The lowest BCUT2D eigenvalue weighted by Crippen LogP contribution is -2.28. The smallest absolute Gasteiger partial charge is 0.203 e. The van der Waals surface area contributed by atoms with E-state index in [0.717, 1.165) is 11.1 Å². The van der Waals surface area contributed by atoms with E-state index < -0.39 is 12.1 Å². The minimum atomic E-state index is -0.722. The minimum absolute atomic E-state index is 0.471. The van der Waals surface area contributed by atoms with Crippen LogP contribution in [0.25, 0.3) is 0 Å². The van der Waals surface area contributed by atoms with Crippen LogP contribution >= 0.6 is 0 Å². The van der Waals surface area contributed by atoms with Gasteiger partial charge in [-0.1, -0.05) is 30.3 Å². The molecule has 5 nitrogen and oxygen atoms in total. The second-order valence-corrected chi connectivity index (χ2v) is 5.24. The third-order valence-electron chi connectivity index (χ3n) is 3.77. The molecule has 0 amide bonds. The highest BCUT2D eigenvalue weighted by Crippen LogP contribution is 2.39. The van der Waals surface area contributed by atoms with Gasteiger partial charge in [0.1, 0.15) is 0 Å². The van der Waals surface area contributed by atoms with Crippen LogP contribution in [0.5, 0.6) is 17.2 Å². The molecule has 0 radical (unpaired) electrons. The van der Waals surface area contributed by atoms with E-state index >= 15 is 0 Å². The molecule has 0 aliphatic rings. The molecule has 0 unspecified atom stereocenters. The Hall–Kier alpha value is -2.24. The Morgan fingerprint density at radius 1 is 0.957 bits per heavy atom. The first-order valence-corrected chi connectivity index (χ1v) is 7.38. The van der Waals surface area contributed by atoms with Gasteiger partial charge in [-0.3, -0.25) is 0 Å². The molecule has 0 saturated heterocycles. The summed E-state index contributed by atoms with van der Waals surface area (Å²) in [6, 6.07) is 12.7. The zero-order valence-electron chi connectivity index (χ0n) is 13.7. The van der Waals surface area contributed by atoms with Gasteiger partial charge >= 0.3 is 0 Å². The third-order valence-corrected chi connectivity index (χ3v) is 3.77. The fraction of sp³-hybridized carbons (Fsp3) is 0.333. The van der Waals surface area contributed by atoms with E-state index in [0.29, 0.717) is 23.7 Å². The first-order chi connectivity index (χ1) is 11.1. The lowest BCUT2D eigenvalue weighted by Gasteiger charge is -2.22. The van der Waals surface area contributed by atoms with Gasteiger partial charge in [-0.25, -0.2) is 0 Å². The summed E-state index contributed by atoms with van der Waals surface area (Å²) < 4.78 is 15.9. The topological polar surface area (TPSA) is 73.9 Å². The Morgan fingerprint density at radius 2 is 1.52 bits per heavy atom. The fourth-order valence-electron chi connectivity index (χ4n) is 2.50. The number of hydrogen-bond donors (Lipinski definition) is 2. The van der Waals surface area contributed by atoms with Crippen LogP contribution in [0.2, 0.25) is 0 Å². The Kier molecular flexibility index (Phi) is 5.84. The van der Waals surface area contributed by atoms with Gasteiger partial charge in [0.05, 0.1) is 33.5 Å². The first kappa shape index (κ1) is 17.1. The van der Waals surface area contributed by atoms with Crippen molar-refractivity contribution >= 4 is 0 Å². The highest BCUT2D eigenvalue weighted by Gasteiger charge is 2.21. The number of rotatable bonds is 7. The van der Waals surface area contributed by atoms with Crippen LogP contribution in [0.4, 0.5) is 0 Å². The molecule has 3 N–H and O–H groups in total. The lowest BCUT2D eigenvalue weighted by molar-refractivity contribution is 0.145. The molecule has 0 aliphatic carbocycles. The van der Waals surface area contributed by atoms with E-state index in [1.54, 1.807) is 33.5 Å². The molecule has 0 fully saturated rings. The molecule has 0 aliphatic heterocycles. The lowest BCUT2D eigenvalue weighted by atomic mass is 9.96. The Balaban J connectivity index is 2.26. The van der Waals surface area contributed by atoms with Crippen molar-refractivity contribution in [2.75, 3.05) is 21.3 Å². The molecular formula is C18H23NO4. The predicted octanol–water partition coefficient (Wildman–Crippen LogP) is 2.32. The van der Waals surface area contributed by atoms with Gasteiger partial charge in [0, 0.05) is 6.42 Å². The quantitative estimate of drug-likeness (QED) is 0.820. The van der Waals surface area contributed by atoms with E-state index in [4.69, 9.17) is 19.9 Å². The van der Waals surface area contributed by atoms with Crippen molar-refractivity contribution in [3.05, 3.63) is 53.6 Å². The maximum absolute atomic E-state index is 10.4. The normalized spacial score (nSPS) is 13.3. The molecule has 124 valence electrons. The molecule has 23 heavy (non-hydrogen) atoms. The molecule has 2 aromatic rings. The Bertz CT molecular complexity index is 605. The van der Waals surface area contributed by atoms with E-state index in [2.05, 4.69) is 0 Å². The van der Waals surface area contributed by atoms with Gasteiger partial charge in [0.2, 0.25) is 5.75 Å². The fourth-order valence-corrected chi connectivity index (χ4v) is 2.50. The average Bonchev–Trinajstić information content (AvgIpc) is 2.60. The highest BCUT2D eigenvalue weighted by atomic mass is 16.5. The maximum atomic E-state index is 10.4. The number of ether oxygens (including phenoxy) is 3. The van der Waals surface area contributed by atoms with Crippen molar-refractivity contribution in [3.8, 4) is 17.2 Å². The summed E-state index contributed by atoms with van der Waals surface area (Å²) >= 11 is 0. The third kappa shape index (κ3) is 3.94. The van der Waals surface area contributed by atoms with Crippen LogP contribution in [-0.2, 0) is 6.42 Å². The zero-order chi connectivity index (χ0) is 16.8. The summed E-state index contributed by atoms with van der Waals surface area (Å²) in [5.41, 5.74) is 7.98. The number of benzene rings is 2. The van der Waals surface area contributed by atoms with Crippen LogP contribution in [0.15, 0.2) is 42.5 Å². The van der Waals surface area contributed by atoms with Gasteiger partial charge in [-0.15, -0.1) is 0 Å². The van der Waals surface area contributed by atoms with Crippen molar-refractivity contribution in [1.82, 2.24) is 0 Å². The molecule has 0 spiro atoms. The van der Waals surface area contributed by atoms with Crippen molar-refractivity contribution in [1.29, 1.82) is 0 Å². The average molecular weight is 317 g/mol. The molecule has 2 atom stereocenters. The zero-order valence-corrected chi connectivity index (χ0v) is 13.7. The predicted molar refractivity (Wildman–Crippen MR) is 89.2 cm³/mol. The van der Waals surface area contributed by atoms with E-state index in [-0.39, 0.29) is 0 Å². The molecule has 2 rings (SSSR count). The summed E-state index contributed by atoms with van der Waals surface area (Å²) in [5, 5.41) is 10.4. The number of nitrogens with two attached hydrogens (primary N) is 1. The molecular weight excluding hydrogens is 294 g/mol. The van der Waals surface area contributed by atoms with Gasteiger partial charge in [-0.2, -0.15) is 0 Å². The number of hydrogen-bond acceptors (Lipinski definition) is 5. The van der Waals surface area contributed by atoms with E-state index in [1.807, 2.05) is 30.3 Å². The summed E-state index contributed by atoms with van der Waals surface area (Å²) in [7, 11) is 4.64. The molecule has 2 aromatic carbocycles. The second-order valence-electron chi connectivity index (χ2n) is 5.24. The molecule has 5 heteroatoms. The summed E-state index contributed by atoms with van der Waals surface area (Å²) in [6.45, 7) is 0. The van der Waals surface area contributed by atoms with Gasteiger partial charge in [-0.05, 0) is 23.3 Å². The Morgan fingerprint density at radius 3 is 2.00 bits per heavy atom. The molecule has 0 aromatic heterocycles. The standard InChI is InChI=1S/C18H23NO4/c1-21-15-10-13(11-16(22-2)18(15)23-3)17(19)14(20)9-12-7-5-4-6-8-12/h4-8,10-11,14,17,20H,9,19H2,1-3H3/t14-,17+/m1/s1. The van der Waals surface area contributed by atoms with E-state index in [1.165, 1.54) is 0 Å². The summed E-state index contributed by atoms with van der Waals surface area (Å²) in [6.07, 6.45) is -0.251. The van der Waals surface area contributed by atoms with Crippen molar-refractivity contribution in [2.45, 2.75) is 18.6 Å². The molecule has 0 saturated carbocycles. The summed E-state index contributed by atoms with van der Waals surface area (Å²) in [5.74, 6) is 1.54. The highest BCUT2D eigenvalue weighted by molar-refractivity contribution is 5.54. The van der Waals surface area contributed by atoms with Crippen molar-refractivity contribution < 1.29 is 19.3 Å². The number of methoxy groups -OCH3 is 3. The monoisotopic (exact) mass is 317 g/mol. The van der Waals surface area contributed by atoms with Crippen LogP contribution in [-0.4, -0.2) is 32.5 Å². The second kappa shape index (κ2) is 7.85. The number of aliphatic hydroxyl groups is 1. The van der Waals surface area contributed by atoms with Gasteiger partial charge in [0.25, 0.3) is 0 Å². The minimum Gasteiger partial charge on any atom is -0.493 e. The molecule has 0 heterocycles. The van der Waals surface area contributed by atoms with Crippen LogP contribution in [0.3, 0.4) is 0 Å². The number of aliphatic hydroxyl groups excluding tert-OH is 1. The Labute approximate surface area is 136 Å². The first-order valence-electron chi connectivity index (χ1n) is 7.38. The van der Waals surface area contributed by atoms with Crippen LogP contribution in [0.1, 0.15) is 17.2 Å².